The van der Waals surface area contributed by atoms with Crippen LogP contribution in [0.1, 0.15) is 30.3 Å². The highest BCUT2D eigenvalue weighted by Gasteiger charge is 2.19. The second kappa shape index (κ2) is 8.67. The van der Waals surface area contributed by atoms with E-state index in [1.807, 2.05) is 18.5 Å². The molecule has 2 aromatic heterocycles. The summed E-state index contributed by atoms with van der Waals surface area (Å²) in [6.07, 6.45) is 4.90. The average Bonchev–Trinajstić information content (AvgIpc) is 3.11. The first-order chi connectivity index (χ1) is 13.7. The third-order valence-electron chi connectivity index (χ3n) is 5.32. The second-order valence-corrected chi connectivity index (χ2v) is 7.74. The molecule has 5 heteroatoms. The Balaban J connectivity index is 1.37. The van der Waals surface area contributed by atoms with E-state index in [4.69, 9.17) is 5.10 Å². The standard InChI is InChI=1S/C23H29N5/c1-3-11-26(2)17-22-14-23-18-27(12-13-28(23)25-22)16-19-6-8-20(9-7-19)21-5-4-10-24-15-21/h4-10,14-15H,3,11-13,16-18H2,1-2H3. The van der Waals surface area contributed by atoms with Gasteiger partial charge in [-0.2, -0.15) is 5.10 Å². The zero-order chi connectivity index (χ0) is 19.3. The monoisotopic (exact) mass is 375 g/mol. The van der Waals surface area contributed by atoms with Crippen LogP contribution in [0.15, 0.2) is 54.9 Å². The van der Waals surface area contributed by atoms with Gasteiger partial charge in [0.1, 0.15) is 0 Å². The Morgan fingerprint density at radius 3 is 2.68 bits per heavy atom. The van der Waals surface area contributed by atoms with Crippen molar-refractivity contribution in [1.29, 1.82) is 0 Å². The molecule has 0 radical (unpaired) electrons. The van der Waals surface area contributed by atoms with Gasteiger partial charge in [0.05, 0.1) is 17.9 Å². The number of benzene rings is 1. The lowest BCUT2D eigenvalue weighted by molar-refractivity contribution is 0.205. The quantitative estimate of drug-likeness (QED) is 0.629. The van der Waals surface area contributed by atoms with Gasteiger partial charge in [-0.15, -0.1) is 0 Å². The van der Waals surface area contributed by atoms with Crippen LogP contribution in [0.5, 0.6) is 0 Å². The van der Waals surface area contributed by atoms with E-state index in [2.05, 4.69) is 69.8 Å². The van der Waals surface area contributed by atoms with Crippen LogP contribution in [0, 0.1) is 0 Å². The van der Waals surface area contributed by atoms with Gasteiger partial charge in [0.2, 0.25) is 0 Å². The molecule has 4 rings (SSSR count). The number of rotatable bonds is 7. The van der Waals surface area contributed by atoms with E-state index < -0.39 is 0 Å². The number of hydrogen-bond acceptors (Lipinski definition) is 4. The van der Waals surface area contributed by atoms with Crippen molar-refractivity contribution in [2.24, 2.45) is 0 Å². The topological polar surface area (TPSA) is 37.2 Å². The summed E-state index contributed by atoms with van der Waals surface area (Å²) in [5, 5.41) is 4.80. The fourth-order valence-electron chi connectivity index (χ4n) is 3.92. The highest BCUT2D eigenvalue weighted by atomic mass is 15.3. The molecular weight excluding hydrogens is 346 g/mol. The Labute approximate surface area is 167 Å². The van der Waals surface area contributed by atoms with Crippen LogP contribution in [0.2, 0.25) is 0 Å². The van der Waals surface area contributed by atoms with Crippen molar-refractivity contribution in [2.75, 3.05) is 20.1 Å². The molecule has 3 aromatic rings. The molecule has 0 saturated carbocycles. The van der Waals surface area contributed by atoms with E-state index >= 15 is 0 Å². The van der Waals surface area contributed by atoms with Crippen molar-refractivity contribution in [2.45, 2.75) is 39.5 Å². The van der Waals surface area contributed by atoms with Crippen molar-refractivity contribution in [3.63, 3.8) is 0 Å². The molecule has 146 valence electrons. The molecule has 3 heterocycles. The van der Waals surface area contributed by atoms with E-state index in [1.165, 1.54) is 28.9 Å². The summed E-state index contributed by atoms with van der Waals surface area (Å²) in [6, 6.07) is 15.2. The highest BCUT2D eigenvalue weighted by molar-refractivity contribution is 5.62. The molecule has 0 amide bonds. The normalized spacial score (nSPS) is 14.4. The molecule has 0 fully saturated rings. The van der Waals surface area contributed by atoms with E-state index in [-0.39, 0.29) is 0 Å². The molecule has 0 N–H and O–H groups in total. The van der Waals surface area contributed by atoms with Crippen LogP contribution in [-0.2, 0) is 26.2 Å². The zero-order valence-electron chi connectivity index (χ0n) is 16.9. The molecule has 0 spiro atoms. The van der Waals surface area contributed by atoms with Crippen molar-refractivity contribution < 1.29 is 0 Å². The summed E-state index contributed by atoms with van der Waals surface area (Å²) in [5.74, 6) is 0. The molecule has 1 aliphatic rings. The number of aromatic nitrogens is 3. The van der Waals surface area contributed by atoms with Crippen LogP contribution in [0.25, 0.3) is 11.1 Å². The lowest BCUT2D eigenvalue weighted by Crippen LogP contribution is -2.33. The Hall–Kier alpha value is -2.50. The fourth-order valence-corrected chi connectivity index (χ4v) is 3.92. The predicted molar refractivity (Wildman–Crippen MR) is 113 cm³/mol. The molecule has 0 aliphatic carbocycles. The maximum Gasteiger partial charge on any atom is 0.0768 e. The first kappa shape index (κ1) is 18.8. The number of fused-ring (bicyclic) bond motifs is 1. The third kappa shape index (κ3) is 4.49. The van der Waals surface area contributed by atoms with Gasteiger partial charge in [0.25, 0.3) is 0 Å². The summed E-state index contributed by atoms with van der Waals surface area (Å²) < 4.78 is 2.19. The van der Waals surface area contributed by atoms with Gasteiger partial charge in [-0.05, 0) is 48.8 Å². The summed E-state index contributed by atoms with van der Waals surface area (Å²) in [6.45, 7) is 8.23. The first-order valence-corrected chi connectivity index (χ1v) is 10.2. The molecule has 1 aromatic carbocycles. The number of pyridine rings is 1. The van der Waals surface area contributed by atoms with Crippen LogP contribution in [0.4, 0.5) is 0 Å². The second-order valence-electron chi connectivity index (χ2n) is 7.74. The lowest BCUT2D eigenvalue weighted by Gasteiger charge is -2.27. The Bertz CT molecular complexity index is 885. The molecule has 5 nitrogen and oxygen atoms in total. The molecular formula is C23H29N5. The highest BCUT2D eigenvalue weighted by Crippen LogP contribution is 2.21. The largest absolute Gasteiger partial charge is 0.300 e. The number of nitrogens with zero attached hydrogens (tertiary/aromatic N) is 5. The molecule has 28 heavy (non-hydrogen) atoms. The van der Waals surface area contributed by atoms with Gasteiger partial charge in [-0.3, -0.25) is 14.6 Å². The summed E-state index contributed by atoms with van der Waals surface area (Å²) in [7, 11) is 2.17. The van der Waals surface area contributed by atoms with E-state index in [1.54, 1.807) is 0 Å². The van der Waals surface area contributed by atoms with E-state index in [0.717, 1.165) is 44.8 Å². The minimum atomic E-state index is 0.934. The Kier molecular flexibility index (Phi) is 5.84. The number of hydrogen-bond donors (Lipinski definition) is 0. The Morgan fingerprint density at radius 1 is 1.07 bits per heavy atom. The van der Waals surface area contributed by atoms with Gasteiger partial charge in [-0.25, -0.2) is 0 Å². The average molecular weight is 376 g/mol. The summed E-state index contributed by atoms with van der Waals surface area (Å²) >= 11 is 0. The predicted octanol–water partition coefficient (Wildman–Crippen LogP) is 3.80. The van der Waals surface area contributed by atoms with Gasteiger partial charge in [-0.1, -0.05) is 37.3 Å². The van der Waals surface area contributed by atoms with Gasteiger partial charge in [0, 0.05) is 38.6 Å². The van der Waals surface area contributed by atoms with E-state index in [0.29, 0.717) is 0 Å². The zero-order valence-corrected chi connectivity index (χ0v) is 16.9. The van der Waals surface area contributed by atoms with Gasteiger partial charge in [0.15, 0.2) is 0 Å². The molecule has 0 unspecified atom stereocenters. The minimum Gasteiger partial charge on any atom is -0.300 e. The smallest absolute Gasteiger partial charge is 0.0768 e. The van der Waals surface area contributed by atoms with Crippen LogP contribution in [0.3, 0.4) is 0 Å². The Morgan fingerprint density at radius 2 is 1.93 bits per heavy atom. The van der Waals surface area contributed by atoms with Crippen LogP contribution >= 0.6 is 0 Å². The first-order valence-electron chi connectivity index (χ1n) is 10.2. The molecule has 0 saturated heterocycles. The SMILES string of the molecule is CCCN(C)Cc1cc2n(n1)CCN(Cc1ccc(-c3cccnc3)cc1)C2. The minimum absolute atomic E-state index is 0.934. The van der Waals surface area contributed by atoms with Crippen molar-refractivity contribution in [3.05, 3.63) is 71.8 Å². The maximum absolute atomic E-state index is 4.80. The fraction of sp³-hybridized carbons (Fsp3) is 0.391. The van der Waals surface area contributed by atoms with E-state index in [9.17, 15) is 0 Å². The van der Waals surface area contributed by atoms with Gasteiger partial charge < -0.3 is 4.90 Å². The summed E-state index contributed by atoms with van der Waals surface area (Å²) in [5.41, 5.74) is 6.25. The van der Waals surface area contributed by atoms with Crippen molar-refractivity contribution in [1.82, 2.24) is 24.6 Å². The van der Waals surface area contributed by atoms with Crippen LogP contribution < -0.4 is 0 Å². The van der Waals surface area contributed by atoms with Crippen molar-refractivity contribution >= 4 is 0 Å². The molecule has 1 aliphatic heterocycles. The van der Waals surface area contributed by atoms with Gasteiger partial charge >= 0.3 is 0 Å². The lowest BCUT2D eigenvalue weighted by atomic mass is 10.1. The van der Waals surface area contributed by atoms with Crippen molar-refractivity contribution in [3.8, 4) is 11.1 Å². The molecule has 0 bridgehead atoms. The third-order valence-corrected chi connectivity index (χ3v) is 5.32. The summed E-state index contributed by atoms with van der Waals surface area (Å²) in [4.78, 5) is 9.06. The maximum atomic E-state index is 4.80. The van der Waals surface area contributed by atoms with Crippen LogP contribution in [-0.4, -0.2) is 44.7 Å². The molecule has 0 atom stereocenters.